The molecule has 5 nitrogen and oxygen atoms in total. The van der Waals surface area contributed by atoms with Crippen molar-refractivity contribution in [3.63, 3.8) is 0 Å². The van der Waals surface area contributed by atoms with Gasteiger partial charge in [0.2, 0.25) is 15.9 Å². The highest BCUT2D eigenvalue weighted by atomic mass is 32.2. The van der Waals surface area contributed by atoms with Crippen molar-refractivity contribution in [1.29, 1.82) is 0 Å². The monoisotopic (exact) mass is 412 g/mol. The van der Waals surface area contributed by atoms with Crippen LogP contribution in [0.4, 0.5) is 5.69 Å². The highest BCUT2D eigenvalue weighted by molar-refractivity contribution is 7.89. The van der Waals surface area contributed by atoms with E-state index in [0.717, 1.165) is 30.5 Å². The van der Waals surface area contributed by atoms with Gasteiger partial charge in [-0.05, 0) is 49.1 Å². The number of amides is 1. The van der Waals surface area contributed by atoms with Crippen molar-refractivity contribution in [2.75, 3.05) is 24.5 Å². The van der Waals surface area contributed by atoms with Crippen LogP contribution in [0.25, 0.3) is 0 Å². The molecule has 154 valence electrons. The van der Waals surface area contributed by atoms with Crippen LogP contribution in [0.1, 0.15) is 31.2 Å². The summed E-state index contributed by atoms with van der Waals surface area (Å²) in [6.45, 7) is 5.39. The van der Waals surface area contributed by atoms with Crippen LogP contribution in [0.2, 0.25) is 0 Å². The Balaban J connectivity index is 1.63. The van der Waals surface area contributed by atoms with Crippen molar-refractivity contribution in [2.24, 2.45) is 0 Å². The van der Waals surface area contributed by atoms with E-state index in [0.29, 0.717) is 37.4 Å². The summed E-state index contributed by atoms with van der Waals surface area (Å²) in [7, 11) is -3.42. The molecule has 1 amide bonds. The van der Waals surface area contributed by atoms with Gasteiger partial charge in [0.25, 0.3) is 0 Å². The van der Waals surface area contributed by atoms with E-state index in [2.05, 4.69) is 6.58 Å². The molecule has 1 fully saturated rings. The van der Waals surface area contributed by atoms with E-state index in [-0.39, 0.29) is 5.91 Å². The van der Waals surface area contributed by atoms with Crippen LogP contribution in [0.3, 0.4) is 0 Å². The van der Waals surface area contributed by atoms with Crippen LogP contribution >= 0.6 is 0 Å². The van der Waals surface area contributed by atoms with Crippen molar-refractivity contribution in [1.82, 2.24) is 4.31 Å². The van der Waals surface area contributed by atoms with E-state index in [4.69, 9.17) is 0 Å². The molecular formula is C23H28N2O3S. The van der Waals surface area contributed by atoms with E-state index in [1.54, 1.807) is 27.4 Å². The maximum Gasteiger partial charge on any atom is 0.243 e. The van der Waals surface area contributed by atoms with Gasteiger partial charge in [0.1, 0.15) is 0 Å². The zero-order chi connectivity index (χ0) is 20.7. The van der Waals surface area contributed by atoms with Gasteiger partial charge in [0.05, 0.1) is 4.90 Å². The third-order valence-electron chi connectivity index (χ3n) is 5.18. The van der Waals surface area contributed by atoms with E-state index in [9.17, 15) is 13.2 Å². The number of piperidine rings is 1. The van der Waals surface area contributed by atoms with Crippen LogP contribution in [0.5, 0.6) is 0 Å². The van der Waals surface area contributed by atoms with E-state index in [1.807, 2.05) is 42.5 Å². The summed E-state index contributed by atoms with van der Waals surface area (Å²) >= 11 is 0. The smallest absolute Gasteiger partial charge is 0.243 e. The number of rotatable bonds is 8. The number of hydrogen-bond donors (Lipinski definition) is 0. The molecule has 0 bridgehead atoms. The summed E-state index contributed by atoms with van der Waals surface area (Å²) < 4.78 is 27.0. The molecule has 6 heteroatoms. The first kappa shape index (κ1) is 21.3. The fraction of sp³-hybridized carbons (Fsp3) is 0.348. The summed E-state index contributed by atoms with van der Waals surface area (Å²) in [6, 6.07) is 16.5. The normalized spacial score (nSPS) is 15.0. The summed E-state index contributed by atoms with van der Waals surface area (Å²) in [5.41, 5.74) is 1.79. The zero-order valence-corrected chi connectivity index (χ0v) is 17.5. The Kier molecular flexibility index (Phi) is 7.23. The second-order valence-corrected chi connectivity index (χ2v) is 9.18. The number of hydrogen-bond acceptors (Lipinski definition) is 3. The predicted octanol–water partition coefficient (Wildman–Crippen LogP) is 4.01. The minimum absolute atomic E-state index is 0.0149. The van der Waals surface area contributed by atoms with Gasteiger partial charge in [-0.1, -0.05) is 42.8 Å². The Hall–Kier alpha value is -2.44. The van der Waals surface area contributed by atoms with Crippen molar-refractivity contribution in [3.05, 3.63) is 72.8 Å². The van der Waals surface area contributed by atoms with Crippen LogP contribution in [-0.2, 0) is 21.2 Å². The quantitative estimate of drug-likeness (QED) is 0.616. The van der Waals surface area contributed by atoms with E-state index >= 15 is 0 Å². The lowest BCUT2D eigenvalue weighted by Crippen LogP contribution is -2.35. The van der Waals surface area contributed by atoms with Gasteiger partial charge < -0.3 is 4.90 Å². The molecule has 0 atom stereocenters. The number of carbonyl (C=O) groups excluding carboxylic acids is 1. The molecule has 0 spiro atoms. The number of para-hydroxylation sites is 1. The molecule has 0 saturated carbocycles. The van der Waals surface area contributed by atoms with Gasteiger partial charge in [-0.15, -0.1) is 6.58 Å². The molecule has 1 aliphatic heterocycles. The summed E-state index contributed by atoms with van der Waals surface area (Å²) in [4.78, 5) is 14.8. The minimum atomic E-state index is -3.42. The third-order valence-corrected chi connectivity index (χ3v) is 7.10. The Morgan fingerprint density at radius 2 is 1.66 bits per heavy atom. The second-order valence-electron chi connectivity index (χ2n) is 7.24. The number of aryl methyl sites for hydroxylation is 1. The first-order chi connectivity index (χ1) is 14.0. The lowest BCUT2D eigenvalue weighted by atomic mass is 10.1. The molecule has 0 radical (unpaired) electrons. The molecule has 1 saturated heterocycles. The van der Waals surface area contributed by atoms with Crippen LogP contribution in [-0.4, -0.2) is 38.3 Å². The summed E-state index contributed by atoms with van der Waals surface area (Å²) in [6.07, 6.45) is 5.55. The van der Waals surface area contributed by atoms with Crippen molar-refractivity contribution < 1.29 is 13.2 Å². The van der Waals surface area contributed by atoms with Crippen molar-refractivity contribution >= 4 is 21.6 Å². The maximum absolute atomic E-state index is 12.7. The third kappa shape index (κ3) is 5.34. The fourth-order valence-corrected chi connectivity index (χ4v) is 5.07. The Bertz CT molecular complexity index is 918. The van der Waals surface area contributed by atoms with Gasteiger partial charge in [-0.25, -0.2) is 8.42 Å². The number of anilines is 1. The molecule has 29 heavy (non-hydrogen) atoms. The SMILES string of the molecule is C=CCN(C(=O)CCc1ccc(S(=O)(=O)N2CCCCC2)cc1)c1ccccc1. The number of benzene rings is 2. The van der Waals surface area contributed by atoms with Crippen molar-refractivity contribution in [3.8, 4) is 0 Å². The van der Waals surface area contributed by atoms with Crippen LogP contribution < -0.4 is 4.90 Å². The number of carbonyl (C=O) groups is 1. The lowest BCUT2D eigenvalue weighted by Gasteiger charge is -2.25. The maximum atomic E-state index is 12.7. The average Bonchev–Trinajstić information content (AvgIpc) is 2.77. The first-order valence-corrected chi connectivity index (χ1v) is 11.5. The van der Waals surface area contributed by atoms with Gasteiger partial charge in [0.15, 0.2) is 0 Å². The molecule has 0 unspecified atom stereocenters. The fourth-order valence-electron chi connectivity index (χ4n) is 3.56. The molecule has 2 aromatic rings. The molecule has 0 aromatic heterocycles. The van der Waals surface area contributed by atoms with Gasteiger partial charge in [0, 0.05) is 31.7 Å². The van der Waals surface area contributed by atoms with Gasteiger partial charge in [-0.2, -0.15) is 4.31 Å². The van der Waals surface area contributed by atoms with E-state index in [1.165, 1.54) is 0 Å². The zero-order valence-electron chi connectivity index (χ0n) is 16.7. The molecule has 1 aliphatic rings. The average molecular weight is 413 g/mol. The lowest BCUT2D eigenvalue weighted by molar-refractivity contribution is -0.118. The minimum Gasteiger partial charge on any atom is -0.309 e. The van der Waals surface area contributed by atoms with Gasteiger partial charge in [-0.3, -0.25) is 4.79 Å². The standard InChI is InChI=1S/C23H28N2O3S/c1-2-17-25(21-9-5-3-6-10-21)23(26)16-13-20-11-14-22(15-12-20)29(27,28)24-18-7-4-8-19-24/h2-3,5-6,9-12,14-15H,1,4,7-8,13,16-19H2. The summed E-state index contributed by atoms with van der Waals surface area (Å²) in [5.74, 6) is 0.0149. The highest BCUT2D eigenvalue weighted by Crippen LogP contribution is 2.21. The van der Waals surface area contributed by atoms with Crippen LogP contribution in [0.15, 0.2) is 72.1 Å². The molecule has 0 N–H and O–H groups in total. The first-order valence-electron chi connectivity index (χ1n) is 10.1. The molecule has 3 rings (SSSR count). The molecule has 2 aromatic carbocycles. The second kappa shape index (κ2) is 9.85. The van der Waals surface area contributed by atoms with E-state index < -0.39 is 10.0 Å². The summed E-state index contributed by atoms with van der Waals surface area (Å²) in [5, 5.41) is 0. The largest absolute Gasteiger partial charge is 0.309 e. The van der Waals surface area contributed by atoms with Crippen LogP contribution in [0, 0.1) is 0 Å². The highest BCUT2D eigenvalue weighted by Gasteiger charge is 2.25. The number of nitrogens with zero attached hydrogens (tertiary/aromatic N) is 2. The Morgan fingerprint density at radius 3 is 2.28 bits per heavy atom. The topological polar surface area (TPSA) is 57.7 Å². The molecule has 1 heterocycles. The predicted molar refractivity (Wildman–Crippen MR) is 116 cm³/mol. The number of sulfonamides is 1. The Labute approximate surface area is 173 Å². The Morgan fingerprint density at radius 1 is 1.00 bits per heavy atom. The van der Waals surface area contributed by atoms with Gasteiger partial charge >= 0.3 is 0 Å². The molecular weight excluding hydrogens is 384 g/mol. The van der Waals surface area contributed by atoms with Crippen molar-refractivity contribution in [2.45, 2.75) is 37.0 Å². The molecule has 0 aliphatic carbocycles.